The molecular weight excluding hydrogens is 358 g/mol. The minimum absolute atomic E-state index is 0.0395. The number of fused-ring (bicyclic) bond motifs is 4. The monoisotopic (exact) mass is 385 g/mol. The van der Waals surface area contributed by atoms with Gasteiger partial charge in [-0.05, 0) is 30.7 Å². The lowest BCUT2D eigenvalue weighted by Gasteiger charge is -2.21. The SMILES string of the molecule is CC.CN(C)c1ccnc2sc3c(=O)n(N4CC5CCCC5C4)cnc3c12. The summed E-state index contributed by atoms with van der Waals surface area (Å²) in [5.41, 5.74) is 1.87. The van der Waals surface area contributed by atoms with Gasteiger partial charge in [-0.25, -0.2) is 14.6 Å². The van der Waals surface area contributed by atoms with Crippen molar-refractivity contribution in [1.29, 1.82) is 0 Å². The number of anilines is 1. The van der Waals surface area contributed by atoms with E-state index in [1.165, 1.54) is 30.6 Å². The summed E-state index contributed by atoms with van der Waals surface area (Å²) in [5.74, 6) is 1.49. The molecule has 4 heterocycles. The predicted octanol–water partition coefficient (Wildman–Crippen LogP) is 3.47. The average molecular weight is 386 g/mol. The fraction of sp³-hybridized carbons (Fsp3) is 0.550. The molecule has 2 atom stereocenters. The minimum atomic E-state index is 0.0395. The van der Waals surface area contributed by atoms with Crippen LogP contribution >= 0.6 is 11.3 Å². The van der Waals surface area contributed by atoms with E-state index in [2.05, 4.69) is 15.0 Å². The molecule has 7 heteroatoms. The number of hydrogen-bond acceptors (Lipinski definition) is 6. The third-order valence-electron chi connectivity index (χ3n) is 5.74. The van der Waals surface area contributed by atoms with Crippen LogP contribution in [0.15, 0.2) is 23.4 Å². The van der Waals surface area contributed by atoms with Gasteiger partial charge in [0.1, 0.15) is 21.4 Å². The molecule has 2 aliphatic rings. The average Bonchev–Trinajstić information content (AvgIpc) is 3.36. The molecular formula is C20H27N5OS. The van der Waals surface area contributed by atoms with Crippen LogP contribution in [0.5, 0.6) is 0 Å². The Kier molecular flexibility index (Phi) is 4.80. The molecule has 1 aliphatic heterocycles. The molecule has 2 unspecified atom stereocenters. The molecule has 3 aromatic rings. The van der Waals surface area contributed by atoms with E-state index in [9.17, 15) is 4.79 Å². The van der Waals surface area contributed by atoms with E-state index in [-0.39, 0.29) is 5.56 Å². The first-order valence-corrected chi connectivity index (χ1v) is 10.7. The highest BCUT2D eigenvalue weighted by Gasteiger charge is 2.37. The minimum Gasteiger partial charge on any atom is -0.377 e. The summed E-state index contributed by atoms with van der Waals surface area (Å²) in [6, 6.07) is 1.98. The molecule has 2 fully saturated rings. The van der Waals surface area contributed by atoms with Crippen LogP contribution in [0.4, 0.5) is 5.69 Å². The summed E-state index contributed by atoms with van der Waals surface area (Å²) < 4.78 is 2.45. The van der Waals surface area contributed by atoms with E-state index in [4.69, 9.17) is 0 Å². The molecule has 6 nitrogen and oxygen atoms in total. The van der Waals surface area contributed by atoms with Crippen LogP contribution < -0.4 is 15.5 Å². The molecule has 27 heavy (non-hydrogen) atoms. The van der Waals surface area contributed by atoms with Crippen molar-refractivity contribution in [1.82, 2.24) is 14.6 Å². The Hall–Kier alpha value is -2.15. The number of aromatic nitrogens is 3. The van der Waals surface area contributed by atoms with Gasteiger partial charge in [-0.3, -0.25) is 4.79 Å². The molecule has 144 valence electrons. The van der Waals surface area contributed by atoms with Crippen LogP contribution in [0.25, 0.3) is 20.4 Å². The van der Waals surface area contributed by atoms with Gasteiger partial charge in [0.25, 0.3) is 5.56 Å². The van der Waals surface area contributed by atoms with Crippen molar-refractivity contribution in [3.05, 3.63) is 28.9 Å². The normalized spacial score (nSPS) is 21.4. The molecule has 1 aliphatic carbocycles. The summed E-state index contributed by atoms with van der Waals surface area (Å²) in [5, 5.41) is 3.17. The Morgan fingerprint density at radius 1 is 1.15 bits per heavy atom. The third-order valence-corrected chi connectivity index (χ3v) is 6.81. The Labute approximate surface area is 163 Å². The summed E-state index contributed by atoms with van der Waals surface area (Å²) in [4.78, 5) is 25.2. The van der Waals surface area contributed by atoms with Crippen LogP contribution in [0, 0.1) is 11.8 Å². The van der Waals surface area contributed by atoms with Crippen molar-refractivity contribution >= 4 is 37.5 Å². The van der Waals surface area contributed by atoms with Gasteiger partial charge in [-0.1, -0.05) is 20.3 Å². The molecule has 0 spiro atoms. The summed E-state index contributed by atoms with van der Waals surface area (Å²) >= 11 is 1.45. The second-order valence-electron chi connectivity index (χ2n) is 7.40. The molecule has 0 amide bonds. The lowest BCUT2D eigenvalue weighted by molar-refractivity contribution is 0.494. The molecule has 1 saturated carbocycles. The van der Waals surface area contributed by atoms with Crippen LogP contribution in [0.1, 0.15) is 33.1 Å². The van der Waals surface area contributed by atoms with Crippen molar-refractivity contribution in [2.75, 3.05) is 37.1 Å². The molecule has 0 N–H and O–H groups in total. The van der Waals surface area contributed by atoms with Crippen molar-refractivity contribution < 1.29 is 0 Å². The van der Waals surface area contributed by atoms with Crippen LogP contribution in [0.2, 0.25) is 0 Å². The van der Waals surface area contributed by atoms with Gasteiger partial charge in [0.2, 0.25) is 0 Å². The zero-order chi connectivity index (χ0) is 19.1. The fourth-order valence-electron chi connectivity index (χ4n) is 4.49. The number of hydrogen-bond donors (Lipinski definition) is 0. The Morgan fingerprint density at radius 3 is 2.52 bits per heavy atom. The Balaban J connectivity index is 0.000000872. The smallest absolute Gasteiger partial charge is 0.290 e. The van der Waals surface area contributed by atoms with Gasteiger partial charge >= 0.3 is 0 Å². The number of thiophene rings is 1. The molecule has 0 aromatic carbocycles. The molecule has 5 rings (SSSR count). The summed E-state index contributed by atoms with van der Waals surface area (Å²) in [6.45, 7) is 5.95. The Bertz CT molecular complexity index is 1010. The van der Waals surface area contributed by atoms with E-state index >= 15 is 0 Å². The van der Waals surface area contributed by atoms with Crippen LogP contribution in [-0.4, -0.2) is 41.8 Å². The lowest BCUT2D eigenvalue weighted by Crippen LogP contribution is -2.41. The standard InChI is InChI=1S/C18H21N5OS.C2H6/c1-21(2)13-6-7-19-17-14(13)15-16(25-17)18(24)23(10-20-15)22-8-11-4-3-5-12(11)9-22;1-2/h6-7,10-12H,3-5,8-9H2,1-2H3;1-2H3. The van der Waals surface area contributed by atoms with Crippen LogP contribution in [0.3, 0.4) is 0 Å². The van der Waals surface area contributed by atoms with Gasteiger partial charge in [-0.15, -0.1) is 11.3 Å². The maximum atomic E-state index is 13.1. The molecule has 3 aromatic heterocycles. The van der Waals surface area contributed by atoms with Crippen molar-refractivity contribution in [3.8, 4) is 0 Å². The molecule has 1 saturated heterocycles. The first-order chi connectivity index (χ1) is 13.1. The number of nitrogens with zero attached hydrogens (tertiary/aromatic N) is 5. The van der Waals surface area contributed by atoms with Crippen molar-refractivity contribution in [2.45, 2.75) is 33.1 Å². The third kappa shape index (κ3) is 2.88. The second-order valence-corrected chi connectivity index (χ2v) is 8.40. The Morgan fingerprint density at radius 2 is 1.85 bits per heavy atom. The van der Waals surface area contributed by atoms with Gasteiger partial charge in [0.05, 0.1) is 11.1 Å². The largest absolute Gasteiger partial charge is 0.377 e. The zero-order valence-corrected chi connectivity index (χ0v) is 17.3. The van der Waals surface area contributed by atoms with Gasteiger partial charge < -0.3 is 9.91 Å². The van der Waals surface area contributed by atoms with Crippen molar-refractivity contribution in [2.24, 2.45) is 11.8 Å². The van der Waals surface area contributed by atoms with Crippen LogP contribution in [-0.2, 0) is 0 Å². The van der Waals surface area contributed by atoms with Gasteiger partial charge in [0.15, 0.2) is 0 Å². The van der Waals surface area contributed by atoms with Gasteiger partial charge in [-0.2, -0.15) is 0 Å². The van der Waals surface area contributed by atoms with Crippen molar-refractivity contribution in [3.63, 3.8) is 0 Å². The first kappa shape index (κ1) is 18.2. The quantitative estimate of drug-likeness (QED) is 0.676. The topological polar surface area (TPSA) is 54.3 Å². The maximum Gasteiger partial charge on any atom is 0.290 e. The highest BCUT2D eigenvalue weighted by atomic mass is 32.1. The van der Waals surface area contributed by atoms with E-state index in [1.807, 2.05) is 38.9 Å². The number of pyridine rings is 1. The van der Waals surface area contributed by atoms with E-state index < -0.39 is 0 Å². The van der Waals surface area contributed by atoms with E-state index in [0.717, 1.165) is 46.3 Å². The van der Waals surface area contributed by atoms with E-state index in [0.29, 0.717) is 4.70 Å². The van der Waals surface area contributed by atoms with E-state index in [1.54, 1.807) is 17.2 Å². The lowest BCUT2D eigenvalue weighted by atomic mass is 10.0. The molecule has 0 bridgehead atoms. The predicted molar refractivity (Wildman–Crippen MR) is 114 cm³/mol. The highest BCUT2D eigenvalue weighted by molar-refractivity contribution is 7.25. The second kappa shape index (κ2) is 7.11. The zero-order valence-electron chi connectivity index (χ0n) is 16.5. The maximum absolute atomic E-state index is 13.1. The molecule has 0 radical (unpaired) electrons. The summed E-state index contributed by atoms with van der Waals surface area (Å²) in [7, 11) is 4.00. The number of rotatable bonds is 2. The fourth-order valence-corrected chi connectivity index (χ4v) is 5.53. The highest BCUT2D eigenvalue weighted by Crippen LogP contribution is 2.38. The summed E-state index contributed by atoms with van der Waals surface area (Å²) in [6.07, 6.45) is 7.44. The van der Waals surface area contributed by atoms with Gasteiger partial charge in [0, 0.05) is 33.4 Å². The first-order valence-electron chi connectivity index (χ1n) is 9.85.